The number of benzene rings is 1. The first-order chi connectivity index (χ1) is 12.8. The Morgan fingerprint density at radius 2 is 2.04 bits per heavy atom. The van der Waals surface area contributed by atoms with Gasteiger partial charge < -0.3 is 21.5 Å². The number of carbonyl (C=O) groups excluding carboxylic acids is 2. The number of rotatable bonds is 8. The van der Waals surface area contributed by atoms with E-state index in [1.54, 1.807) is 25.1 Å². The Morgan fingerprint density at radius 3 is 2.67 bits per heavy atom. The normalized spacial score (nSPS) is 11.6. The molecule has 1 aromatic carbocycles. The Labute approximate surface area is 158 Å². The summed E-state index contributed by atoms with van der Waals surface area (Å²) in [4.78, 5) is 38.9. The number of aromatic nitrogens is 1. The molecule has 3 amide bonds. The Morgan fingerprint density at radius 1 is 1.33 bits per heavy atom. The first kappa shape index (κ1) is 20.3. The van der Waals surface area contributed by atoms with Crippen LogP contribution in [-0.4, -0.2) is 40.6 Å². The van der Waals surface area contributed by atoms with Gasteiger partial charge >= 0.3 is 12.0 Å². The first-order valence-electron chi connectivity index (χ1n) is 8.09. The number of carboxylic acids is 1. The summed E-state index contributed by atoms with van der Waals surface area (Å²) in [5, 5.41) is 14.4. The van der Waals surface area contributed by atoms with Crippen LogP contribution in [0.3, 0.4) is 0 Å². The highest BCUT2D eigenvalue weighted by molar-refractivity contribution is 7.17. The summed E-state index contributed by atoms with van der Waals surface area (Å²) in [6, 6.07) is 4.23. The van der Waals surface area contributed by atoms with Gasteiger partial charge in [-0.1, -0.05) is 12.1 Å². The minimum Gasteiger partial charge on any atom is -0.480 e. The molecule has 0 bridgehead atoms. The molecule has 2 aromatic rings. The number of nitrogens with zero attached hydrogens (tertiary/aromatic N) is 1. The number of nitrogens with one attached hydrogen (secondary N) is 2. The van der Waals surface area contributed by atoms with Crippen LogP contribution in [0.4, 0.5) is 9.18 Å². The Kier molecular flexibility index (Phi) is 6.83. The van der Waals surface area contributed by atoms with Gasteiger partial charge in [0.05, 0.1) is 5.69 Å². The number of aryl methyl sites for hydroxylation is 1. The van der Waals surface area contributed by atoms with Crippen LogP contribution in [0.2, 0.25) is 0 Å². The van der Waals surface area contributed by atoms with Gasteiger partial charge in [-0.25, -0.2) is 19.0 Å². The van der Waals surface area contributed by atoms with Crippen molar-refractivity contribution >= 4 is 29.2 Å². The first-order valence-corrected chi connectivity index (χ1v) is 8.90. The van der Waals surface area contributed by atoms with Crippen molar-refractivity contribution in [3.05, 3.63) is 40.7 Å². The van der Waals surface area contributed by atoms with Crippen LogP contribution in [0.25, 0.3) is 10.6 Å². The van der Waals surface area contributed by atoms with Crippen LogP contribution in [0.15, 0.2) is 24.3 Å². The van der Waals surface area contributed by atoms with Gasteiger partial charge in [-0.2, -0.15) is 0 Å². The number of thiazole rings is 1. The SMILES string of the molecule is Cc1nc(-c2ccccc2F)sc1C(=O)N[C@H](CCCNC(N)=O)C(=O)O. The zero-order valence-corrected chi connectivity index (χ0v) is 15.3. The van der Waals surface area contributed by atoms with E-state index in [1.807, 2.05) is 0 Å². The summed E-state index contributed by atoms with van der Waals surface area (Å²) in [5.74, 6) is -2.25. The number of amides is 3. The van der Waals surface area contributed by atoms with Crippen molar-refractivity contribution in [1.82, 2.24) is 15.6 Å². The molecule has 5 N–H and O–H groups in total. The van der Waals surface area contributed by atoms with Gasteiger partial charge in [-0.05, 0) is 31.9 Å². The molecular formula is C17H19FN4O4S. The number of carbonyl (C=O) groups is 3. The molecule has 27 heavy (non-hydrogen) atoms. The van der Waals surface area contributed by atoms with Crippen molar-refractivity contribution in [2.24, 2.45) is 5.73 Å². The molecule has 1 aromatic heterocycles. The van der Waals surface area contributed by atoms with E-state index in [0.717, 1.165) is 11.3 Å². The highest BCUT2D eigenvalue weighted by atomic mass is 32.1. The summed E-state index contributed by atoms with van der Waals surface area (Å²) in [6.45, 7) is 1.80. The smallest absolute Gasteiger partial charge is 0.326 e. The van der Waals surface area contributed by atoms with Crippen molar-refractivity contribution in [3.8, 4) is 10.6 Å². The molecular weight excluding hydrogens is 375 g/mol. The van der Waals surface area contributed by atoms with Crippen molar-refractivity contribution in [2.75, 3.05) is 6.54 Å². The zero-order chi connectivity index (χ0) is 20.0. The van der Waals surface area contributed by atoms with Crippen molar-refractivity contribution in [2.45, 2.75) is 25.8 Å². The molecule has 0 unspecified atom stereocenters. The van der Waals surface area contributed by atoms with Crippen LogP contribution in [0.5, 0.6) is 0 Å². The maximum atomic E-state index is 13.9. The average Bonchev–Trinajstić information content (AvgIpc) is 2.99. The van der Waals surface area contributed by atoms with Gasteiger partial charge in [0, 0.05) is 12.1 Å². The summed E-state index contributed by atoms with van der Waals surface area (Å²) < 4.78 is 13.9. The fourth-order valence-corrected chi connectivity index (χ4v) is 3.35. The maximum absolute atomic E-state index is 13.9. The van der Waals surface area contributed by atoms with E-state index < -0.39 is 29.8 Å². The molecule has 8 nitrogen and oxygen atoms in total. The van der Waals surface area contributed by atoms with E-state index >= 15 is 0 Å². The van der Waals surface area contributed by atoms with Gasteiger partial charge in [0.15, 0.2) is 0 Å². The third-order valence-corrected chi connectivity index (χ3v) is 4.87. The monoisotopic (exact) mass is 394 g/mol. The number of aliphatic carboxylic acids is 1. The van der Waals surface area contributed by atoms with Gasteiger partial charge in [0.1, 0.15) is 21.7 Å². The molecule has 0 aliphatic rings. The predicted molar refractivity (Wildman–Crippen MR) is 98.0 cm³/mol. The molecule has 1 atom stereocenters. The number of urea groups is 1. The number of halogens is 1. The Balaban J connectivity index is 2.08. The molecule has 0 aliphatic carbocycles. The third-order valence-electron chi connectivity index (χ3n) is 3.68. The lowest BCUT2D eigenvalue weighted by Gasteiger charge is -2.14. The lowest BCUT2D eigenvalue weighted by atomic mass is 10.1. The second-order valence-corrected chi connectivity index (χ2v) is 6.71. The quantitative estimate of drug-likeness (QED) is 0.507. The van der Waals surface area contributed by atoms with Crippen LogP contribution in [0, 0.1) is 12.7 Å². The summed E-state index contributed by atoms with van der Waals surface area (Å²) in [7, 11) is 0. The van der Waals surface area contributed by atoms with E-state index in [1.165, 1.54) is 6.07 Å². The predicted octanol–water partition coefficient (Wildman–Crippen LogP) is 1.89. The number of hydrogen-bond acceptors (Lipinski definition) is 5. The number of hydrogen-bond donors (Lipinski definition) is 4. The molecule has 10 heteroatoms. The third kappa shape index (κ3) is 5.48. The van der Waals surface area contributed by atoms with Crippen LogP contribution >= 0.6 is 11.3 Å². The number of primary amides is 1. The van der Waals surface area contributed by atoms with Crippen LogP contribution in [0.1, 0.15) is 28.2 Å². The van der Waals surface area contributed by atoms with E-state index in [4.69, 9.17) is 5.73 Å². The number of nitrogens with two attached hydrogens (primary N) is 1. The van der Waals surface area contributed by atoms with E-state index in [2.05, 4.69) is 15.6 Å². The lowest BCUT2D eigenvalue weighted by Crippen LogP contribution is -2.41. The van der Waals surface area contributed by atoms with Gasteiger partial charge in [0.2, 0.25) is 0 Å². The van der Waals surface area contributed by atoms with Gasteiger partial charge in [0.25, 0.3) is 5.91 Å². The largest absolute Gasteiger partial charge is 0.480 e. The average molecular weight is 394 g/mol. The highest BCUT2D eigenvalue weighted by Gasteiger charge is 2.24. The summed E-state index contributed by atoms with van der Waals surface area (Å²) in [6.07, 6.45) is 0.432. The maximum Gasteiger partial charge on any atom is 0.326 e. The fraction of sp³-hybridized carbons (Fsp3) is 0.294. The van der Waals surface area contributed by atoms with E-state index in [9.17, 15) is 23.9 Å². The second kappa shape index (κ2) is 9.08. The van der Waals surface area contributed by atoms with Gasteiger partial charge in [-0.3, -0.25) is 4.79 Å². The lowest BCUT2D eigenvalue weighted by molar-refractivity contribution is -0.139. The van der Waals surface area contributed by atoms with Crippen molar-refractivity contribution < 1.29 is 23.9 Å². The molecule has 0 radical (unpaired) electrons. The van der Waals surface area contributed by atoms with Crippen molar-refractivity contribution in [1.29, 1.82) is 0 Å². The Hall–Kier alpha value is -3.01. The van der Waals surface area contributed by atoms with Gasteiger partial charge in [-0.15, -0.1) is 11.3 Å². The molecule has 0 saturated heterocycles. The summed E-state index contributed by atoms with van der Waals surface area (Å²) >= 11 is 0.991. The molecule has 0 saturated carbocycles. The minimum atomic E-state index is -1.20. The molecule has 144 valence electrons. The van der Waals surface area contributed by atoms with E-state index in [-0.39, 0.29) is 23.4 Å². The van der Waals surface area contributed by atoms with Crippen LogP contribution in [-0.2, 0) is 4.79 Å². The van der Waals surface area contributed by atoms with Crippen LogP contribution < -0.4 is 16.4 Å². The highest BCUT2D eigenvalue weighted by Crippen LogP contribution is 2.29. The molecule has 0 spiro atoms. The fourth-order valence-electron chi connectivity index (χ4n) is 2.36. The molecule has 2 rings (SSSR count). The number of carboxylic acid groups (broad SMARTS) is 1. The second-order valence-electron chi connectivity index (χ2n) is 5.71. The topological polar surface area (TPSA) is 134 Å². The van der Waals surface area contributed by atoms with Crippen molar-refractivity contribution in [3.63, 3.8) is 0 Å². The standard InChI is InChI=1S/C17H19FN4O4S/c1-9-13(27-15(21-9)10-5-2-3-6-11(10)18)14(23)22-12(16(24)25)7-4-8-20-17(19)26/h2-3,5-6,12H,4,7-8H2,1H3,(H,22,23)(H,24,25)(H3,19,20,26)/t12-/m1/s1. The molecule has 0 aliphatic heterocycles. The summed E-state index contributed by atoms with van der Waals surface area (Å²) in [5.41, 5.74) is 5.59. The minimum absolute atomic E-state index is 0.110. The Bertz CT molecular complexity index is 855. The van der Waals surface area contributed by atoms with E-state index in [0.29, 0.717) is 17.1 Å². The molecule has 1 heterocycles. The zero-order valence-electron chi connectivity index (χ0n) is 14.5. The molecule has 0 fully saturated rings.